The number of nitrogens with zero attached hydrogens (tertiary/aromatic N) is 1. The van der Waals surface area contributed by atoms with Gasteiger partial charge in [-0.3, -0.25) is 19.6 Å². The number of sulfonamides is 1. The van der Waals surface area contributed by atoms with Crippen molar-refractivity contribution in [1.82, 2.24) is 0 Å². The molecule has 154 valence electrons. The zero-order valence-electron chi connectivity index (χ0n) is 15.6. The molecule has 0 aliphatic heterocycles. The molecule has 2 N–H and O–H groups in total. The Morgan fingerprint density at radius 3 is 2.40 bits per heavy atom. The molecule has 0 unspecified atom stereocenters. The minimum Gasteiger partial charge on any atom is -0.321 e. The summed E-state index contributed by atoms with van der Waals surface area (Å²) >= 11 is 0. The number of rotatable bonds is 6. The van der Waals surface area contributed by atoms with E-state index in [1.165, 1.54) is 54.6 Å². The average molecular weight is 429 g/mol. The van der Waals surface area contributed by atoms with Crippen molar-refractivity contribution < 1.29 is 22.5 Å². The summed E-state index contributed by atoms with van der Waals surface area (Å²) < 4.78 is 40.5. The van der Waals surface area contributed by atoms with Crippen LogP contribution in [0.1, 0.15) is 15.9 Å². The number of anilines is 2. The molecule has 0 aliphatic rings. The lowest BCUT2D eigenvalue weighted by atomic mass is 10.1. The summed E-state index contributed by atoms with van der Waals surface area (Å²) in [5.74, 6) is -1.13. The number of aryl methyl sites for hydroxylation is 1. The zero-order valence-corrected chi connectivity index (χ0v) is 16.4. The number of hydrogen-bond donors (Lipinski definition) is 2. The van der Waals surface area contributed by atoms with Crippen LogP contribution in [-0.2, 0) is 10.0 Å². The second kappa shape index (κ2) is 8.29. The molecule has 30 heavy (non-hydrogen) atoms. The summed E-state index contributed by atoms with van der Waals surface area (Å²) in [5, 5.41) is 13.5. The SMILES string of the molecule is Cc1ccc([N+](=O)[O-])cc1NC(=O)c1cccc(S(=O)(=O)Nc2ccc(F)cc2)c1. The van der Waals surface area contributed by atoms with Gasteiger partial charge in [0.05, 0.1) is 15.5 Å². The molecular formula is C20H16FN3O5S. The van der Waals surface area contributed by atoms with Crippen LogP contribution in [0.4, 0.5) is 21.5 Å². The van der Waals surface area contributed by atoms with Gasteiger partial charge in [-0.05, 0) is 55.0 Å². The Hall–Kier alpha value is -3.79. The molecule has 0 saturated carbocycles. The molecule has 0 spiro atoms. The van der Waals surface area contributed by atoms with Gasteiger partial charge in [0.15, 0.2) is 0 Å². The minimum absolute atomic E-state index is 0.0443. The van der Waals surface area contributed by atoms with Crippen LogP contribution in [0.3, 0.4) is 0 Å². The summed E-state index contributed by atoms with van der Waals surface area (Å²) in [6.07, 6.45) is 0. The molecule has 0 saturated heterocycles. The Balaban J connectivity index is 1.84. The maximum absolute atomic E-state index is 13.0. The monoisotopic (exact) mass is 429 g/mol. The number of carbonyl (C=O) groups is 1. The van der Waals surface area contributed by atoms with Crippen molar-refractivity contribution in [1.29, 1.82) is 0 Å². The van der Waals surface area contributed by atoms with Crippen molar-refractivity contribution in [3.05, 3.63) is 93.8 Å². The molecule has 3 aromatic rings. The third-order valence-electron chi connectivity index (χ3n) is 4.18. The molecule has 0 fully saturated rings. The molecular weight excluding hydrogens is 413 g/mol. The van der Waals surface area contributed by atoms with Gasteiger partial charge in [0.25, 0.3) is 21.6 Å². The van der Waals surface area contributed by atoms with Gasteiger partial charge < -0.3 is 5.32 Å². The number of benzene rings is 3. The number of hydrogen-bond acceptors (Lipinski definition) is 5. The van der Waals surface area contributed by atoms with Crippen molar-refractivity contribution >= 4 is 33.0 Å². The molecule has 3 aromatic carbocycles. The smallest absolute Gasteiger partial charge is 0.271 e. The Labute approximate surface area is 171 Å². The predicted octanol–water partition coefficient (Wildman–Crippen LogP) is 4.10. The molecule has 0 aliphatic carbocycles. The topological polar surface area (TPSA) is 118 Å². The summed E-state index contributed by atoms with van der Waals surface area (Å²) in [6.45, 7) is 1.67. The molecule has 10 heteroatoms. The maximum atomic E-state index is 13.0. The molecule has 0 radical (unpaired) electrons. The molecule has 0 atom stereocenters. The number of halogens is 1. The van der Waals surface area contributed by atoms with E-state index >= 15 is 0 Å². The van der Waals surface area contributed by atoms with Crippen molar-refractivity contribution in [3.63, 3.8) is 0 Å². The standard InChI is InChI=1S/C20H16FN3O5S/c1-13-5-10-17(24(26)27)12-19(13)22-20(25)14-3-2-4-18(11-14)30(28,29)23-16-8-6-15(21)7-9-16/h2-12,23H,1H3,(H,22,25). The van der Waals surface area contributed by atoms with Gasteiger partial charge >= 0.3 is 0 Å². The number of amides is 1. The van der Waals surface area contributed by atoms with Crippen LogP contribution in [0, 0.1) is 22.9 Å². The van der Waals surface area contributed by atoms with E-state index in [-0.39, 0.29) is 27.5 Å². The third-order valence-corrected chi connectivity index (χ3v) is 5.56. The fraction of sp³-hybridized carbons (Fsp3) is 0.0500. The highest BCUT2D eigenvalue weighted by molar-refractivity contribution is 7.92. The van der Waals surface area contributed by atoms with Crippen LogP contribution >= 0.6 is 0 Å². The molecule has 0 aromatic heterocycles. The van der Waals surface area contributed by atoms with Gasteiger partial charge in [-0.25, -0.2) is 12.8 Å². The summed E-state index contributed by atoms with van der Waals surface area (Å²) in [6, 6.07) is 14.1. The van der Waals surface area contributed by atoms with Crippen LogP contribution in [0.25, 0.3) is 0 Å². The number of carbonyl (C=O) groups excluding carboxylic acids is 1. The van der Waals surface area contributed by atoms with E-state index in [0.29, 0.717) is 5.56 Å². The zero-order chi connectivity index (χ0) is 21.9. The highest BCUT2D eigenvalue weighted by Crippen LogP contribution is 2.23. The van der Waals surface area contributed by atoms with E-state index in [4.69, 9.17) is 0 Å². The third kappa shape index (κ3) is 4.78. The first-order valence-corrected chi connectivity index (χ1v) is 10.1. The maximum Gasteiger partial charge on any atom is 0.271 e. The molecule has 0 bridgehead atoms. The second-order valence-corrected chi connectivity index (χ2v) is 8.03. The first-order chi connectivity index (χ1) is 14.2. The number of nitrogens with one attached hydrogen (secondary N) is 2. The van der Waals surface area contributed by atoms with Gasteiger partial charge in [0.2, 0.25) is 0 Å². The number of nitro groups is 1. The lowest BCUT2D eigenvalue weighted by Gasteiger charge is -2.11. The van der Waals surface area contributed by atoms with Gasteiger partial charge in [0, 0.05) is 23.4 Å². The molecule has 0 heterocycles. The van der Waals surface area contributed by atoms with E-state index in [9.17, 15) is 27.7 Å². The lowest BCUT2D eigenvalue weighted by Crippen LogP contribution is -2.16. The van der Waals surface area contributed by atoms with Crippen LogP contribution in [-0.4, -0.2) is 19.2 Å². The lowest BCUT2D eigenvalue weighted by molar-refractivity contribution is -0.384. The summed E-state index contributed by atoms with van der Waals surface area (Å²) in [5.41, 5.74) is 0.875. The fourth-order valence-corrected chi connectivity index (χ4v) is 3.69. The van der Waals surface area contributed by atoms with Gasteiger partial charge in [0.1, 0.15) is 5.82 Å². The number of nitro benzene ring substituents is 1. The van der Waals surface area contributed by atoms with Crippen molar-refractivity contribution in [2.24, 2.45) is 0 Å². The van der Waals surface area contributed by atoms with E-state index in [1.54, 1.807) is 6.92 Å². The first kappa shape index (κ1) is 20.9. The molecule has 1 amide bonds. The van der Waals surface area contributed by atoms with Gasteiger partial charge in [-0.1, -0.05) is 12.1 Å². The van der Waals surface area contributed by atoms with Gasteiger partial charge in [-0.15, -0.1) is 0 Å². The quantitative estimate of drug-likeness (QED) is 0.452. The first-order valence-electron chi connectivity index (χ1n) is 8.60. The number of non-ortho nitro benzene ring substituents is 1. The van der Waals surface area contributed by atoms with E-state index in [1.807, 2.05) is 0 Å². The average Bonchev–Trinajstić information content (AvgIpc) is 2.71. The van der Waals surface area contributed by atoms with Crippen LogP contribution in [0.2, 0.25) is 0 Å². The Bertz CT molecular complexity index is 1230. The molecule has 3 rings (SSSR count). The van der Waals surface area contributed by atoms with E-state index < -0.39 is 26.7 Å². The highest BCUT2D eigenvalue weighted by atomic mass is 32.2. The van der Waals surface area contributed by atoms with Crippen LogP contribution < -0.4 is 10.0 Å². The van der Waals surface area contributed by atoms with Gasteiger partial charge in [-0.2, -0.15) is 0 Å². The van der Waals surface area contributed by atoms with Crippen molar-refractivity contribution in [2.45, 2.75) is 11.8 Å². The van der Waals surface area contributed by atoms with Crippen LogP contribution in [0.15, 0.2) is 71.6 Å². The van der Waals surface area contributed by atoms with E-state index in [2.05, 4.69) is 10.0 Å². The predicted molar refractivity (Wildman–Crippen MR) is 109 cm³/mol. The van der Waals surface area contributed by atoms with Crippen molar-refractivity contribution in [3.8, 4) is 0 Å². The largest absolute Gasteiger partial charge is 0.321 e. The second-order valence-electron chi connectivity index (χ2n) is 6.35. The van der Waals surface area contributed by atoms with E-state index in [0.717, 1.165) is 12.1 Å². The Kier molecular flexibility index (Phi) is 5.79. The van der Waals surface area contributed by atoms with Crippen molar-refractivity contribution in [2.75, 3.05) is 10.0 Å². The summed E-state index contributed by atoms with van der Waals surface area (Å²) in [7, 11) is -4.02. The molecule has 8 nitrogen and oxygen atoms in total. The normalized spacial score (nSPS) is 11.0. The minimum atomic E-state index is -4.02. The highest BCUT2D eigenvalue weighted by Gasteiger charge is 2.18. The van der Waals surface area contributed by atoms with Crippen LogP contribution in [0.5, 0.6) is 0 Å². The summed E-state index contributed by atoms with van der Waals surface area (Å²) in [4.78, 5) is 22.8. The Morgan fingerprint density at radius 1 is 1.03 bits per heavy atom. The fourth-order valence-electron chi connectivity index (χ4n) is 2.59. The Morgan fingerprint density at radius 2 is 1.73 bits per heavy atom.